The topological polar surface area (TPSA) is 110 Å². The fraction of sp³-hybridized carbons (Fsp3) is 0.222. The molecule has 1 saturated carbocycles. The van der Waals surface area contributed by atoms with Gasteiger partial charge in [-0.2, -0.15) is 0 Å². The number of carbonyl (C=O) groups is 2. The van der Waals surface area contributed by atoms with Crippen LogP contribution in [0, 0.1) is 6.92 Å². The Balaban J connectivity index is 1.35. The second-order valence-electron chi connectivity index (χ2n) is 9.12. The highest BCUT2D eigenvalue weighted by Gasteiger charge is 2.34. The van der Waals surface area contributed by atoms with Crippen LogP contribution in [0.1, 0.15) is 34.5 Å². The van der Waals surface area contributed by atoms with Crippen molar-refractivity contribution >= 4 is 50.6 Å². The van der Waals surface area contributed by atoms with E-state index >= 15 is 0 Å². The Bertz CT molecular complexity index is 1490. The van der Waals surface area contributed by atoms with Gasteiger partial charge in [0.15, 0.2) is 0 Å². The van der Waals surface area contributed by atoms with Crippen LogP contribution >= 0.6 is 11.3 Å². The number of aryl methyl sites for hydroxylation is 1. The van der Waals surface area contributed by atoms with Crippen LogP contribution in [0.25, 0.3) is 10.2 Å². The number of para-hydroxylation sites is 1. The monoisotopic (exact) mass is 499 g/mol. The van der Waals surface area contributed by atoms with Crippen LogP contribution < -0.4 is 26.0 Å². The average Bonchev–Trinajstić information content (AvgIpc) is 3.45. The molecule has 1 aliphatic carbocycles. The maximum absolute atomic E-state index is 13.4. The molecule has 182 valence electrons. The van der Waals surface area contributed by atoms with E-state index in [9.17, 15) is 9.59 Å². The van der Waals surface area contributed by atoms with E-state index in [0.717, 1.165) is 41.6 Å². The van der Waals surface area contributed by atoms with Crippen LogP contribution in [-0.4, -0.2) is 29.0 Å². The lowest BCUT2D eigenvalue weighted by Gasteiger charge is -2.29. The number of anilines is 3. The number of pyridine rings is 1. The van der Waals surface area contributed by atoms with E-state index in [2.05, 4.69) is 15.6 Å². The average molecular weight is 500 g/mol. The minimum Gasteiger partial charge on any atom is -0.457 e. The molecule has 0 radical (unpaired) electrons. The molecule has 4 N–H and O–H groups in total. The second-order valence-corrected chi connectivity index (χ2v) is 10.1. The van der Waals surface area contributed by atoms with Gasteiger partial charge in [-0.05, 0) is 68.1 Å². The van der Waals surface area contributed by atoms with Crippen molar-refractivity contribution in [2.75, 3.05) is 10.2 Å². The van der Waals surface area contributed by atoms with Gasteiger partial charge in [0, 0.05) is 18.3 Å². The van der Waals surface area contributed by atoms with Crippen LogP contribution in [-0.2, 0) is 0 Å². The summed E-state index contributed by atoms with van der Waals surface area (Å²) in [4.78, 5) is 33.8. The van der Waals surface area contributed by atoms with Crippen molar-refractivity contribution in [1.82, 2.24) is 10.3 Å². The molecule has 2 atom stereocenters. The minimum atomic E-state index is -0.333. The number of urea groups is 1. The van der Waals surface area contributed by atoms with E-state index in [1.54, 1.807) is 17.2 Å². The molecule has 2 aromatic heterocycles. The number of aromatic nitrogens is 1. The molecule has 3 heterocycles. The summed E-state index contributed by atoms with van der Waals surface area (Å²) in [6.45, 7) is 1.94. The van der Waals surface area contributed by atoms with E-state index < -0.39 is 0 Å². The highest BCUT2D eigenvalue weighted by Crippen LogP contribution is 2.46. The number of nitrogens with zero attached hydrogens (tertiary/aromatic N) is 2. The minimum absolute atomic E-state index is 0.0460. The van der Waals surface area contributed by atoms with Crippen LogP contribution in [0.5, 0.6) is 11.5 Å². The molecular weight excluding hydrogens is 474 g/mol. The summed E-state index contributed by atoms with van der Waals surface area (Å²) in [6, 6.07) is 16.5. The fourth-order valence-corrected chi connectivity index (χ4v) is 5.97. The Hall–Kier alpha value is -3.95. The lowest BCUT2D eigenvalue weighted by Crippen LogP contribution is -2.44. The Kier molecular flexibility index (Phi) is 5.58. The Labute approximate surface area is 212 Å². The lowest BCUT2D eigenvalue weighted by atomic mass is 10.1. The number of carbonyl (C=O) groups excluding carboxylic acids is 2. The standard InChI is InChI=1S/C27H25N5O3S/c1-15-14-17(35-16-6-3-2-4-7-16)10-11-20(15)32-21-12-13-29-26-22(21)23(31-27(32)34)24(36-26)25(33)30-19-9-5-8-18(19)28/h2-4,6-7,10-14,18-19H,5,8-9,28H2,1H3,(H,30,33)(H,31,34)/t18-,19-/m1/s1. The number of amides is 3. The van der Waals surface area contributed by atoms with Crippen LogP contribution in [0.3, 0.4) is 0 Å². The van der Waals surface area contributed by atoms with Gasteiger partial charge >= 0.3 is 6.03 Å². The van der Waals surface area contributed by atoms with E-state index in [-0.39, 0.29) is 24.0 Å². The molecule has 6 rings (SSSR count). The first-order valence-corrected chi connectivity index (χ1v) is 12.7. The zero-order valence-corrected chi connectivity index (χ0v) is 20.5. The van der Waals surface area contributed by atoms with Crippen molar-refractivity contribution in [2.24, 2.45) is 5.73 Å². The van der Waals surface area contributed by atoms with Gasteiger partial charge in [0.25, 0.3) is 5.91 Å². The molecule has 3 amide bonds. The zero-order chi connectivity index (χ0) is 24.8. The van der Waals surface area contributed by atoms with Crippen LogP contribution in [0.15, 0.2) is 60.8 Å². The summed E-state index contributed by atoms with van der Waals surface area (Å²) in [6.07, 6.45) is 4.42. The third-order valence-electron chi connectivity index (χ3n) is 6.73. The molecule has 0 unspecified atom stereocenters. The smallest absolute Gasteiger partial charge is 0.331 e. The van der Waals surface area contributed by atoms with Crippen molar-refractivity contribution < 1.29 is 14.3 Å². The van der Waals surface area contributed by atoms with Crippen LogP contribution in [0.4, 0.5) is 21.9 Å². The summed E-state index contributed by atoms with van der Waals surface area (Å²) >= 11 is 1.28. The van der Waals surface area contributed by atoms with Crippen molar-refractivity contribution in [3.8, 4) is 11.5 Å². The number of ether oxygens (including phenoxy) is 1. The Morgan fingerprint density at radius 1 is 1.14 bits per heavy atom. The van der Waals surface area contributed by atoms with Crippen molar-refractivity contribution in [3.63, 3.8) is 0 Å². The highest BCUT2D eigenvalue weighted by molar-refractivity contribution is 7.21. The Morgan fingerprint density at radius 2 is 1.97 bits per heavy atom. The number of benzene rings is 2. The molecule has 4 aromatic rings. The maximum Gasteiger partial charge on any atom is 0.331 e. The predicted molar refractivity (Wildman–Crippen MR) is 142 cm³/mol. The lowest BCUT2D eigenvalue weighted by molar-refractivity contribution is 0.0939. The van der Waals surface area contributed by atoms with E-state index in [4.69, 9.17) is 10.5 Å². The molecule has 36 heavy (non-hydrogen) atoms. The first kappa shape index (κ1) is 22.5. The van der Waals surface area contributed by atoms with E-state index in [1.807, 2.05) is 55.5 Å². The number of nitrogens with two attached hydrogens (primary N) is 1. The van der Waals surface area contributed by atoms with Gasteiger partial charge in [0.2, 0.25) is 0 Å². The maximum atomic E-state index is 13.4. The second kappa shape index (κ2) is 8.92. The number of rotatable bonds is 5. The summed E-state index contributed by atoms with van der Waals surface area (Å²) < 4.78 is 5.95. The number of thiophene rings is 1. The number of hydrogen-bond donors (Lipinski definition) is 3. The predicted octanol–water partition coefficient (Wildman–Crippen LogP) is 5.69. The van der Waals surface area contributed by atoms with Gasteiger partial charge in [-0.15, -0.1) is 11.3 Å². The van der Waals surface area contributed by atoms with Gasteiger partial charge in [-0.1, -0.05) is 18.2 Å². The molecule has 2 aromatic carbocycles. The first-order valence-electron chi connectivity index (χ1n) is 11.9. The van der Waals surface area contributed by atoms with Crippen molar-refractivity contribution in [2.45, 2.75) is 38.3 Å². The zero-order valence-electron chi connectivity index (χ0n) is 19.7. The highest BCUT2D eigenvalue weighted by atomic mass is 32.1. The molecular formula is C27H25N5O3S. The van der Waals surface area contributed by atoms with Gasteiger partial charge in [-0.3, -0.25) is 9.69 Å². The van der Waals surface area contributed by atoms with E-state index in [0.29, 0.717) is 26.8 Å². The van der Waals surface area contributed by atoms with Crippen molar-refractivity contribution in [3.05, 3.63) is 71.2 Å². The molecule has 8 nitrogen and oxygen atoms in total. The molecule has 0 saturated heterocycles. The number of hydrogen-bond acceptors (Lipinski definition) is 6. The van der Waals surface area contributed by atoms with Crippen molar-refractivity contribution in [1.29, 1.82) is 0 Å². The molecule has 2 aliphatic rings. The summed E-state index contributed by atoms with van der Waals surface area (Å²) in [5, 5.41) is 6.77. The fourth-order valence-electron chi connectivity index (χ4n) is 4.95. The SMILES string of the molecule is Cc1cc(Oc2ccccc2)ccc1N1C(=O)Nc2c(C(=O)N[C@@H]3CCC[C@H]3N)sc3nccc1c23. The molecule has 0 bridgehead atoms. The normalized spacial score (nSPS) is 18.8. The summed E-state index contributed by atoms with van der Waals surface area (Å²) in [5.74, 6) is 1.19. The molecule has 9 heteroatoms. The molecule has 1 aliphatic heterocycles. The van der Waals surface area contributed by atoms with E-state index in [1.165, 1.54) is 11.3 Å². The number of nitrogens with one attached hydrogen (secondary N) is 2. The Morgan fingerprint density at radius 3 is 2.72 bits per heavy atom. The van der Waals surface area contributed by atoms with Gasteiger partial charge in [-0.25, -0.2) is 9.78 Å². The third kappa shape index (κ3) is 3.86. The van der Waals surface area contributed by atoms with Crippen LogP contribution in [0.2, 0.25) is 0 Å². The molecule has 0 spiro atoms. The summed E-state index contributed by atoms with van der Waals surface area (Å²) in [7, 11) is 0. The molecule has 1 fully saturated rings. The third-order valence-corrected chi connectivity index (χ3v) is 7.82. The van der Waals surface area contributed by atoms with Gasteiger partial charge in [0.05, 0.1) is 22.4 Å². The van der Waals surface area contributed by atoms with Gasteiger partial charge < -0.3 is 21.1 Å². The van der Waals surface area contributed by atoms with Gasteiger partial charge in [0.1, 0.15) is 21.2 Å². The largest absolute Gasteiger partial charge is 0.457 e. The summed E-state index contributed by atoms with van der Waals surface area (Å²) in [5.41, 5.74) is 8.93. The first-order chi connectivity index (χ1) is 17.5. The quantitative estimate of drug-likeness (QED) is 0.327.